The molecule has 26 heavy (non-hydrogen) atoms. The molecule has 1 aromatic carbocycles. The number of hydrogen-bond donors (Lipinski definition) is 2. The van der Waals surface area contributed by atoms with Gasteiger partial charge in [0.2, 0.25) is 0 Å². The Morgan fingerprint density at radius 1 is 1.15 bits per heavy atom. The molecule has 2 aliphatic rings. The van der Waals surface area contributed by atoms with Gasteiger partial charge in [0, 0.05) is 23.6 Å². The molecule has 0 radical (unpaired) electrons. The monoisotopic (exact) mass is 357 g/mol. The molecule has 3 nitrogen and oxygen atoms in total. The van der Waals surface area contributed by atoms with E-state index in [0.29, 0.717) is 5.75 Å². The van der Waals surface area contributed by atoms with Gasteiger partial charge in [-0.2, -0.15) is 0 Å². The number of aromatic hydroxyl groups is 2. The lowest BCUT2D eigenvalue weighted by atomic mass is 9.83. The Kier molecular flexibility index (Phi) is 7.77. The number of piperidine rings is 1. The highest BCUT2D eigenvalue weighted by molar-refractivity contribution is 5.55. The van der Waals surface area contributed by atoms with Gasteiger partial charge in [-0.05, 0) is 77.6 Å². The Bertz CT molecular complexity index is 642. The molecule has 1 aliphatic carbocycles. The molecule has 1 heterocycles. The van der Waals surface area contributed by atoms with Gasteiger partial charge in [0.25, 0.3) is 0 Å². The zero-order valence-electron chi connectivity index (χ0n) is 16.7. The second-order valence-electron chi connectivity index (χ2n) is 7.71. The first-order chi connectivity index (χ1) is 12.5. The number of aryl methyl sites for hydroxylation is 1. The largest absolute Gasteiger partial charge is 0.507 e. The molecule has 3 heteroatoms. The molecule has 0 saturated carbocycles. The standard InChI is InChI=1S/C20H29NO2.C3H6/c1-14-7-6-8-16(11-14)19-18(22)12-15(2)17(20(19)23)13-21-9-4-3-5-10-21;1-3-2/h11-12,16,22-23H,3-10,13H2,1-2H3;3H,1H2,2H3. The lowest BCUT2D eigenvalue weighted by Gasteiger charge is -2.29. The normalized spacial score (nSPS) is 20.7. The van der Waals surface area contributed by atoms with Crippen molar-refractivity contribution in [1.82, 2.24) is 4.90 Å². The topological polar surface area (TPSA) is 43.7 Å². The van der Waals surface area contributed by atoms with E-state index in [0.717, 1.165) is 55.6 Å². The predicted octanol–water partition coefficient (Wildman–Crippen LogP) is 5.80. The number of likely N-dealkylation sites (tertiary alicyclic amines) is 1. The van der Waals surface area contributed by atoms with Crippen LogP contribution in [0.1, 0.15) is 75.0 Å². The third kappa shape index (κ3) is 5.14. The second kappa shape index (κ2) is 9.82. The summed E-state index contributed by atoms with van der Waals surface area (Å²) in [5.41, 5.74) is 4.09. The van der Waals surface area contributed by atoms with Gasteiger partial charge >= 0.3 is 0 Å². The molecular weight excluding hydrogens is 322 g/mol. The molecule has 1 atom stereocenters. The molecule has 1 unspecified atom stereocenters. The van der Waals surface area contributed by atoms with E-state index in [4.69, 9.17) is 0 Å². The van der Waals surface area contributed by atoms with Crippen LogP contribution in [0.25, 0.3) is 0 Å². The maximum Gasteiger partial charge on any atom is 0.127 e. The fraction of sp³-hybridized carbons (Fsp3) is 0.565. The van der Waals surface area contributed by atoms with E-state index >= 15 is 0 Å². The van der Waals surface area contributed by atoms with E-state index in [1.165, 1.54) is 24.8 Å². The Hall–Kier alpha value is -1.74. The van der Waals surface area contributed by atoms with Crippen molar-refractivity contribution in [2.24, 2.45) is 0 Å². The zero-order valence-corrected chi connectivity index (χ0v) is 16.7. The molecule has 1 fully saturated rings. The van der Waals surface area contributed by atoms with Crippen LogP contribution in [0, 0.1) is 6.92 Å². The molecule has 1 aliphatic heterocycles. The van der Waals surface area contributed by atoms with Crippen LogP contribution in [-0.2, 0) is 6.54 Å². The van der Waals surface area contributed by atoms with Crippen molar-refractivity contribution in [3.05, 3.63) is 47.1 Å². The Labute approximate surface area is 159 Å². The quantitative estimate of drug-likeness (QED) is 0.672. The minimum absolute atomic E-state index is 0.143. The molecule has 0 aromatic heterocycles. The van der Waals surface area contributed by atoms with Gasteiger partial charge in [-0.15, -0.1) is 6.58 Å². The average molecular weight is 358 g/mol. The van der Waals surface area contributed by atoms with Crippen molar-refractivity contribution < 1.29 is 10.2 Å². The zero-order chi connectivity index (χ0) is 19.1. The Balaban J connectivity index is 0.000000758. The van der Waals surface area contributed by atoms with Gasteiger partial charge in [-0.25, -0.2) is 0 Å². The van der Waals surface area contributed by atoms with E-state index in [2.05, 4.69) is 24.5 Å². The smallest absolute Gasteiger partial charge is 0.127 e. The highest BCUT2D eigenvalue weighted by Crippen LogP contribution is 2.43. The van der Waals surface area contributed by atoms with Crippen LogP contribution >= 0.6 is 0 Å². The highest BCUT2D eigenvalue weighted by atomic mass is 16.3. The third-order valence-corrected chi connectivity index (χ3v) is 5.42. The van der Waals surface area contributed by atoms with Gasteiger partial charge in [-0.1, -0.05) is 24.1 Å². The van der Waals surface area contributed by atoms with Gasteiger partial charge in [-0.3, -0.25) is 4.90 Å². The molecule has 1 aromatic rings. The summed E-state index contributed by atoms with van der Waals surface area (Å²) in [5.74, 6) is 0.715. The van der Waals surface area contributed by atoms with E-state index in [1.54, 1.807) is 6.08 Å². The number of phenols is 2. The van der Waals surface area contributed by atoms with Crippen molar-refractivity contribution in [1.29, 1.82) is 0 Å². The number of hydrogen-bond acceptors (Lipinski definition) is 3. The second-order valence-corrected chi connectivity index (χ2v) is 7.71. The van der Waals surface area contributed by atoms with Crippen molar-refractivity contribution in [2.45, 2.75) is 71.8 Å². The first-order valence-electron chi connectivity index (χ1n) is 9.98. The lowest BCUT2D eigenvalue weighted by Crippen LogP contribution is -2.29. The summed E-state index contributed by atoms with van der Waals surface area (Å²) in [6.45, 7) is 12.4. The fourth-order valence-electron chi connectivity index (χ4n) is 4.09. The van der Waals surface area contributed by atoms with Gasteiger partial charge in [0.15, 0.2) is 0 Å². The number of rotatable bonds is 3. The van der Waals surface area contributed by atoms with Crippen molar-refractivity contribution in [3.8, 4) is 11.5 Å². The van der Waals surface area contributed by atoms with E-state index < -0.39 is 0 Å². The summed E-state index contributed by atoms with van der Waals surface area (Å²) in [6, 6.07) is 1.84. The van der Waals surface area contributed by atoms with E-state index in [-0.39, 0.29) is 11.7 Å². The van der Waals surface area contributed by atoms with Crippen LogP contribution in [0.4, 0.5) is 0 Å². The molecule has 0 spiro atoms. The minimum atomic E-state index is 0.143. The van der Waals surface area contributed by atoms with Crippen molar-refractivity contribution in [2.75, 3.05) is 13.1 Å². The van der Waals surface area contributed by atoms with Crippen LogP contribution in [0.15, 0.2) is 30.4 Å². The summed E-state index contributed by atoms with van der Waals surface area (Å²) >= 11 is 0. The summed E-state index contributed by atoms with van der Waals surface area (Å²) in [6.07, 6.45) is 11.0. The first-order valence-corrected chi connectivity index (χ1v) is 9.98. The maximum atomic E-state index is 10.9. The molecule has 0 amide bonds. The van der Waals surface area contributed by atoms with Crippen LogP contribution in [0.2, 0.25) is 0 Å². The third-order valence-electron chi connectivity index (χ3n) is 5.42. The molecule has 1 saturated heterocycles. The summed E-state index contributed by atoms with van der Waals surface area (Å²) in [5, 5.41) is 21.3. The maximum absolute atomic E-state index is 10.9. The predicted molar refractivity (Wildman–Crippen MR) is 110 cm³/mol. The van der Waals surface area contributed by atoms with Crippen LogP contribution in [0.3, 0.4) is 0 Å². The lowest BCUT2D eigenvalue weighted by molar-refractivity contribution is 0.218. The summed E-state index contributed by atoms with van der Waals surface area (Å²) in [7, 11) is 0. The molecule has 144 valence electrons. The number of allylic oxidation sites excluding steroid dienone is 3. The van der Waals surface area contributed by atoms with Crippen molar-refractivity contribution >= 4 is 0 Å². The average Bonchev–Trinajstić information content (AvgIpc) is 2.60. The van der Waals surface area contributed by atoms with Crippen LogP contribution in [0.5, 0.6) is 11.5 Å². The molecular formula is C23H35NO2. The minimum Gasteiger partial charge on any atom is -0.507 e. The Morgan fingerprint density at radius 3 is 2.42 bits per heavy atom. The molecule has 0 bridgehead atoms. The molecule has 2 N–H and O–H groups in total. The Morgan fingerprint density at radius 2 is 1.81 bits per heavy atom. The van der Waals surface area contributed by atoms with E-state index in [9.17, 15) is 10.2 Å². The summed E-state index contributed by atoms with van der Waals surface area (Å²) in [4.78, 5) is 2.42. The first kappa shape index (κ1) is 20.6. The highest BCUT2D eigenvalue weighted by Gasteiger charge is 2.25. The number of nitrogens with zero attached hydrogens (tertiary/aromatic N) is 1. The van der Waals surface area contributed by atoms with Crippen LogP contribution < -0.4 is 0 Å². The van der Waals surface area contributed by atoms with Gasteiger partial charge in [0.05, 0.1) is 0 Å². The SMILES string of the molecule is C=CC.CC1=CC(c2c(O)cc(C)c(CN3CCCCC3)c2O)CCC1. The number of benzene rings is 1. The van der Waals surface area contributed by atoms with Gasteiger partial charge < -0.3 is 10.2 Å². The summed E-state index contributed by atoms with van der Waals surface area (Å²) < 4.78 is 0. The number of phenolic OH excluding ortho intramolecular Hbond substituents is 2. The van der Waals surface area contributed by atoms with Gasteiger partial charge in [0.1, 0.15) is 11.5 Å². The fourth-order valence-corrected chi connectivity index (χ4v) is 4.09. The van der Waals surface area contributed by atoms with Crippen molar-refractivity contribution in [3.63, 3.8) is 0 Å². The molecule has 3 rings (SSSR count). The van der Waals surface area contributed by atoms with E-state index in [1.807, 2.05) is 19.9 Å². The van der Waals surface area contributed by atoms with Crippen LogP contribution in [-0.4, -0.2) is 28.2 Å².